The first-order valence-corrected chi connectivity index (χ1v) is 8.30. The number of piperidine rings is 1. The number of rotatable bonds is 4. The van der Waals surface area contributed by atoms with Crippen molar-refractivity contribution in [3.8, 4) is 0 Å². The van der Waals surface area contributed by atoms with Gasteiger partial charge < -0.3 is 10.2 Å². The second-order valence-electron chi connectivity index (χ2n) is 6.19. The van der Waals surface area contributed by atoms with E-state index in [1.807, 2.05) is 11.3 Å². The SMILES string of the molecule is Cc1cc(C(C)NC(C)C2CCN(C)CC2)c(C)s1. The Morgan fingerprint density at radius 2 is 1.89 bits per heavy atom. The van der Waals surface area contributed by atoms with Gasteiger partial charge in [0.05, 0.1) is 0 Å². The molecule has 1 fully saturated rings. The number of nitrogens with zero attached hydrogens (tertiary/aromatic N) is 1. The molecule has 0 saturated carbocycles. The fourth-order valence-corrected chi connectivity index (χ4v) is 4.25. The molecule has 0 aromatic carbocycles. The number of nitrogens with one attached hydrogen (secondary N) is 1. The molecule has 1 aromatic heterocycles. The molecule has 0 bridgehead atoms. The summed E-state index contributed by atoms with van der Waals surface area (Å²) < 4.78 is 0. The summed E-state index contributed by atoms with van der Waals surface area (Å²) in [6, 6.07) is 3.43. The van der Waals surface area contributed by atoms with Crippen LogP contribution in [0.1, 0.15) is 48.0 Å². The predicted molar refractivity (Wildman–Crippen MR) is 85.0 cm³/mol. The Morgan fingerprint density at radius 1 is 1.26 bits per heavy atom. The van der Waals surface area contributed by atoms with Gasteiger partial charge in [-0.1, -0.05) is 0 Å². The van der Waals surface area contributed by atoms with Gasteiger partial charge in [0, 0.05) is 21.8 Å². The van der Waals surface area contributed by atoms with Crippen molar-refractivity contribution >= 4 is 11.3 Å². The highest BCUT2D eigenvalue weighted by Gasteiger charge is 2.24. The van der Waals surface area contributed by atoms with Crippen LogP contribution >= 0.6 is 11.3 Å². The topological polar surface area (TPSA) is 15.3 Å². The lowest BCUT2D eigenvalue weighted by Crippen LogP contribution is -2.41. The van der Waals surface area contributed by atoms with Gasteiger partial charge in [-0.25, -0.2) is 0 Å². The Balaban J connectivity index is 1.91. The molecule has 1 N–H and O–H groups in total. The molecule has 19 heavy (non-hydrogen) atoms. The summed E-state index contributed by atoms with van der Waals surface area (Å²) in [7, 11) is 2.23. The number of thiophene rings is 1. The first-order valence-electron chi connectivity index (χ1n) is 7.49. The molecule has 2 heterocycles. The molecule has 1 aromatic rings. The minimum atomic E-state index is 0.472. The van der Waals surface area contributed by atoms with Crippen LogP contribution in [-0.4, -0.2) is 31.1 Å². The summed E-state index contributed by atoms with van der Waals surface area (Å²) in [6.45, 7) is 11.6. The van der Waals surface area contributed by atoms with Gasteiger partial charge in [0.25, 0.3) is 0 Å². The van der Waals surface area contributed by atoms with E-state index < -0.39 is 0 Å². The van der Waals surface area contributed by atoms with Gasteiger partial charge in [-0.15, -0.1) is 11.3 Å². The summed E-state index contributed by atoms with van der Waals surface area (Å²) in [5.74, 6) is 0.832. The molecule has 2 atom stereocenters. The zero-order chi connectivity index (χ0) is 14.0. The first-order chi connectivity index (χ1) is 8.97. The molecular formula is C16H28N2S. The molecule has 1 aliphatic heterocycles. The van der Waals surface area contributed by atoms with Crippen LogP contribution < -0.4 is 5.32 Å². The Labute approximate surface area is 122 Å². The van der Waals surface area contributed by atoms with Gasteiger partial charge in [-0.3, -0.25) is 0 Å². The lowest BCUT2D eigenvalue weighted by atomic mass is 9.90. The minimum absolute atomic E-state index is 0.472. The van der Waals surface area contributed by atoms with Crippen molar-refractivity contribution in [3.05, 3.63) is 21.4 Å². The zero-order valence-electron chi connectivity index (χ0n) is 13.0. The fourth-order valence-electron chi connectivity index (χ4n) is 3.23. The van der Waals surface area contributed by atoms with Crippen molar-refractivity contribution < 1.29 is 0 Å². The maximum Gasteiger partial charge on any atom is 0.0305 e. The van der Waals surface area contributed by atoms with E-state index in [0.29, 0.717) is 12.1 Å². The van der Waals surface area contributed by atoms with Crippen molar-refractivity contribution in [1.82, 2.24) is 10.2 Å². The van der Waals surface area contributed by atoms with Crippen molar-refractivity contribution in [2.45, 2.75) is 52.6 Å². The van der Waals surface area contributed by atoms with Crippen molar-refractivity contribution in [1.29, 1.82) is 0 Å². The average molecular weight is 280 g/mol. The summed E-state index contributed by atoms with van der Waals surface area (Å²) >= 11 is 1.91. The maximum absolute atomic E-state index is 3.82. The number of aryl methyl sites for hydroxylation is 2. The van der Waals surface area contributed by atoms with E-state index in [1.54, 1.807) is 0 Å². The second-order valence-corrected chi connectivity index (χ2v) is 7.65. The molecule has 1 aliphatic rings. The number of likely N-dealkylation sites (tertiary alicyclic amines) is 1. The smallest absolute Gasteiger partial charge is 0.0305 e. The Bertz CT molecular complexity index is 405. The minimum Gasteiger partial charge on any atom is -0.307 e. The quantitative estimate of drug-likeness (QED) is 0.903. The molecule has 0 amide bonds. The van der Waals surface area contributed by atoms with E-state index in [0.717, 1.165) is 5.92 Å². The van der Waals surface area contributed by atoms with Crippen LogP contribution in [0.15, 0.2) is 6.07 Å². The second kappa shape index (κ2) is 6.38. The van der Waals surface area contributed by atoms with Crippen LogP contribution in [0.5, 0.6) is 0 Å². The molecule has 108 valence electrons. The predicted octanol–water partition coefficient (Wildman–Crippen LogP) is 3.75. The normalized spacial score (nSPS) is 21.5. The molecule has 0 spiro atoms. The number of hydrogen-bond donors (Lipinski definition) is 1. The largest absolute Gasteiger partial charge is 0.307 e. The zero-order valence-corrected chi connectivity index (χ0v) is 13.8. The fraction of sp³-hybridized carbons (Fsp3) is 0.750. The standard InChI is InChI=1S/C16H28N2S/c1-11-10-16(14(4)19-11)13(3)17-12(2)15-6-8-18(5)9-7-15/h10,12-13,15,17H,6-9H2,1-5H3. The molecule has 0 radical (unpaired) electrons. The van der Waals surface area contributed by atoms with Gasteiger partial charge in [-0.05, 0) is 78.2 Å². The highest BCUT2D eigenvalue weighted by atomic mass is 32.1. The number of hydrogen-bond acceptors (Lipinski definition) is 3. The van der Waals surface area contributed by atoms with E-state index in [9.17, 15) is 0 Å². The highest BCUT2D eigenvalue weighted by molar-refractivity contribution is 7.12. The molecule has 2 rings (SSSR count). The Kier molecular flexibility index (Phi) is 5.04. The van der Waals surface area contributed by atoms with E-state index in [4.69, 9.17) is 0 Å². The molecule has 0 aliphatic carbocycles. The summed E-state index contributed by atoms with van der Waals surface area (Å²) in [5.41, 5.74) is 1.49. The van der Waals surface area contributed by atoms with Gasteiger partial charge in [0.2, 0.25) is 0 Å². The molecule has 3 heteroatoms. The van der Waals surface area contributed by atoms with Gasteiger partial charge in [0.15, 0.2) is 0 Å². The van der Waals surface area contributed by atoms with Gasteiger partial charge in [-0.2, -0.15) is 0 Å². The third kappa shape index (κ3) is 3.80. The van der Waals surface area contributed by atoms with E-state index >= 15 is 0 Å². The lowest BCUT2D eigenvalue weighted by molar-refractivity contribution is 0.185. The maximum atomic E-state index is 3.82. The van der Waals surface area contributed by atoms with Crippen LogP contribution in [0.25, 0.3) is 0 Å². The van der Waals surface area contributed by atoms with Gasteiger partial charge >= 0.3 is 0 Å². The average Bonchev–Trinajstić information content (AvgIpc) is 2.69. The van der Waals surface area contributed by atoms with E-state index in [1.165, 1.54) is 41.2 Å². The van der Waals surface area contributed by atoms with E-state index in [2.05, 4.69) is 51.0 Å². The van der Waals surface area contributed by atoms with Crippen molar-refractivity contribution in [2.24, 2.45) is 5.92 Å². The molecule has 2 unspecified atom stereocenters. The van der Waals surface area contributed by atoms with Crippen LogP contribution in [0, 0.1) is 19.8 Å². The Hall–Kier alpha value is -0.380. The van der Waals surface area contributed by atoms with Crippen LogP contribution in [-0.2, 0) is 0 Å². The highest BCUT2D eigenvalue weighted by Crippen LogP contribution is 2.28. The monoisotopic (exact) mass is 280 g/mol. The molecule has 2 nitrogen and oxygen atoms in total. The lowest BCUT2D eigenvalue weighted by Gasteiger charge is -2.34. The Morgan fingerprint density at radius 3 is 2.42 bits per heavy atom. The van der Waals surface area contributed by atoms with Crippen LogP contribution in [0.2, 0.25) is 0 Å². The summed E-state index contributed by atoms with van der Waals surface area (Å²) in [6.07, 6.45) is 2.66. The summed E-state index contributed by atoms with van der Waals surface area (Å²) in [4.78, 5) is 5.33. The molecular weight excluding hydrogens is 252 g/mol. The van der Waals surface area contributed by atoms with Gasteiger partial charge in [0.1, 0.15) is 0 Å². The summed E-state index contributed by atoms with van der Waals surface area (Å²) in [5, 5.41) is 3.82. The van der Waals surface area contributed by atoms with Crippen molar-refractivity contribution in [3.63, 3.8) is 0 Å². The first kappa shape index (κ1) is 15.0. The van der Waals surface area contributed by atoms with Crippen LogP contribution in [0.3, 0.4) is 0 Å². The molecule has 1 saturated heterocycles. The third-order valence-corrected chi connectivity index (χ3v) is 5.51. The van der Waals surface area contributed by atoms with Crippen molar-refractivity contribution in [2.75, 3.05) is 20.1 Å². The van der Waals surface area contributed by atoms with E-state index in [-0.39, 0.29) is 0 Å². The van der Waals surface area contributed by atoms with Crippen LogP contribution in [0.4, 0.5) is 0 Å². The third-order valence-electron chi connectivity index (χ3n) is 4.53.